The van der Waals surface area contributed by atoms with Gasteiger partial charge in [-0.15, -0.1) is 4.98 Å². The summed E-state index contributed by atoms with van der Waals surface area (Å²) < 4.78 is 26.1. The molecular formula is C75H110N6O6. The van der Waals surface area contributed by atoms with Gasteiger partial charge < -0.3 is 34.5 Å². The molecule has 0 spiro atoms. The first kappa shape index (κ1) is 68.3. The minimum absolute atomic E-state index is 0.0644. The number of anilines is 1. The molecule has 1 aromatic heterocycles. The summed E-state index contributed by atoms with van der Waals surface area (Å²) in [7, 11) is 1.83. The van der Waals surface area contributed by atoms with Crippen LogP contribution in [0.25, 0.3) is 11.1 Å². The van der Waals surface area contributed by atoms with Crippen molar-refractivity contribution in [2.45, 2.75) is 270 Å². The molecule has 7 rings (SSSR count). The van der Waals surface area contributed by atoms with Gasteiger partial charge in [0, 0.05) is 31.3 Å². The number of fused-ring (bicyclic) bond motifs is 5. The summed E-state index contributed by atoms with van der Waals surface area (Å²) >= 11 is 0. The molecule has 5 aromatic rings. The highest BCUT2D eigenvalue weighted by Crippen LogP contribution is 2.46. The second-order valence-corrected chi connectivity index (χ2v) is 24.9. The van der Waals surface area contributed by atoms with E-state index >= 15 is 0 Å². The van der Waals surface area contributed by atoms with Gasteiger partial charge in [0.2, 0.25) is 5.95 Å². The molecular weight excluding hydrogens is 1080 g/mol. The Hall–Kier alpha value is -6.17. The minimum atomic E-state index is -0.495. The zero-order chi connectivity index (χ0) is 61.1. The number of aryl methyl sites for hydroxylation is 2. The van der Waals surface area contributed by atoms with Crippen molar-refractivity contribution in [3.63, 3.8) is 0 Å². The highest BCUT2D eigenvalue weighted by molar-refractivity contribution is 5.80. The Morgan fingerprint density at radius 2 is 0.931 bits per heavy atom. The first-order chi connectivity index (χ1) is 42.8. The van der Waals surface area contributed by atoms with E-state index in [1.54, 1.807) is 4.90 Å². The number of hydrogen-bond acceptors (Lipinski definition) is 10. The van der Waals surface area contributed by atoms with Crippen LogP contribution in [0.4, 0.5) is 10.7 Å². The molecule has 2 aliphatic carbocycles. The Morgan fingerprint density at radius 3 is 1.46 bits per heavy atom. The van der Waals surface area contributed by atoms with Gasteiger partial charge in [0.25, 0.3) is 5.91 Å². The van der Waals surface area contributed by atoms with Crippen LogP contribution >= 0.6 is 0 Å². The summed E-state index contributed by atoms with van der Waals surface area (Å²) in [5, 5.41) is 6.61. The number of benzene rings is 4. The number of carbonyl (C=O) groups is 2. The molecule has 476 valence electrons. The lowest BCUT2D eigenvalue weighted by atomic mass is 9.93. The van der Waals surface area contributed by atoms with E-state index in [1.807, 2.05) is 67.7 Å². The fraction of sp³-hybridized carbons (Fsp3) is 0.613. The molecule has 2 N–H and O–H groups in total. The second kappa shape index (κ2) is 39.7. The second-order valence-electron chi connectivity index (χ2n) is 24.9. The van der Waals surface area contributed by atoms with Gasteiger partial charge in [-0.2, -0.15) is 9.97 Å². The predicted octanol–water partition coefficient (Wildman–Crippen LogP) is 19.6. The fourth-order valence-corrected chi connectivity index (χ4v) is 12.7. The summed E-state index contributed by atoms with van der Waals surface area (Å²) in [6.45, 7) is 10.3. The zero-order valence-corrected chi connectivity index (χ0v) is 54.4. The van der Waals surface area contributed by atoms with Crippen molar-refractivity contribution < 1.29 is 28.5 Å². The van der Waals surface area contributed by atoms with Crippen molar-refractivity contribution in [2.24, 2.45) is 0 Å². The standard InChI is InChI=1S/C75H110N6O6/c1-6-10-14-18-22-28-41-60(42-29-23-19-15-11-7-2)85-73-78-72(79-74(80-73)86-61(43-30-24-20-16-12-8-3)44-31-25-21-17-13-9-4)77-55-39-27-26-38-54-76-69(82)57-84-62-52-53-64-59(56-62)51-50-58-40-32-33-45-63(58)70(64)81(5)75(83)87-71-67-48-36-34-46-65(67)66-47-35-37-49-68(66)71/h32-37,40,45-49,52-53,56,60-61,70-71H,6-31,38-39,41-44,50-51,54-55,57H2,1-5H3,(H,76,82)(H,77,78,79,80). The summed E-state index contributed by atoms with van der Waals surface area (Å²) in [5.41, 5.74) is 8.55. The van der Waals surface area contributed by atoms with Gasteiger partial charge in [0.15, 0.2) is 12.7 Å². The number of carbonyl (C=O) groups excluding carboxylic acids is 2. The van der Waals surface area contributed by atoms with Crippen molar-refractivity contribution in [1.82, 2.24) is 25.2 Å². The third-order valence-electron chi connectivity index (χ3n) is 17.8. The number of nitrogens with zero attached hydrogens (tertiary/aromatic N) is 4. The minimum Gasteiger partial charge on any atom is -0.484 e. The predicted molar refractivity (Wildman–Crippen MR) is 356 cm³/mol. The molecule has 0 saturated heterocycles. The average Bonchev–Trinajstić information content (AvgIpc) is 2.18. The number of nitrogens with one attached hydrogen (secondary N) is 2. The third kappa shape index (κ3) is 23.1. The van der Waals surface area contributed by atoms with Crippen LogP contribution in [-0.2, 0) is 22.4 Å². The van der Waals surface area contributed by atoms with E-state index in [-0.39, 0.29) is 30.8 Å². The molecule has 1 heterocycles. The molecule has 2 aliphatic rings. The van der Waals surface area contributed by atoms with Gasteiger partial charge in [-0.1, -0.05) is 248 Å². The number of rotatable bonds is 45. The van der Waals surface area contributed by atoms with E-state index in [9.17, 15) is 9.59 Å². The van der Waals surface area contributed by atoms with Gasteiger partial charge in [0.05, 0.1) is 6.04 Å². The van der Waals surface area contributed by atoms with Crippen molar-refractivity contribution >= 4 is 17.9 Å². The maximum absolute atomic E-state index is 14.3. The van der Waals surface area contributed by atoms with Crippen LogP contribution < -0.4 is 24.8 Å². The summed E-state index contributed by atoms with van der Waals surface area (Å²) in [6, 6.07) is 31.1. The molecule has 0 fully saturated rings. The van der Waals surface area contributed by atoms with E-state index in [2.05, 4.69) is 68.7 Å². The Labute approximate surface area is 524 Å². The van der Waals surface area contributed by atoms with Crippen LogP contribution in [0.1, 0.15) is 279 Å². The van der Waals surface area contributed by atoms with Crippen LogP contribution in [0.3, 0.4) is 0 Å². The Morgan fingerprint density at radius 1 is 0.494 bits per heavy atom. The number of hydrogen-bond donors (Lipinski definition) is 2. The maximum atomic E-state index is 14.3. The average molecular weight is 1190 g/mol. The topological polar surface area (TPSA) is 137 Å². The summed E-state index contributed by atoms with van der Waals surface area (Å²) in [4.78, 5) is 43.9. The largest absolute Gasteiger partial charge is 0.484 e. The summed E-state index contributed by atoms with van der Waals surface area (Å²) in [6.07, 6.45) is 38.8. The highest BCUT2D eigenvalue weighted by atomic mass is 16.6. The van der Waals surface area contributed by atoms with Gasteiger partial charge in [-0.25, -0.2) is 4.79 Å². The van der Waals surface area contributed by atoms with E-state index < -0.39 is 12.2 Å². The quantitative estimate of drug-likeness (QED) is 0.0363. The van der Waals surface area contributed by atoms with Crippen molar-refractivity contribution in [2.75, 3.05) is 32.1 Å². The van der Waals surface area contributed by atoms with Gasteiger partial charge in [0.1, 0.15) is 18.0 Å². The molecule has 0 radical (unpaired) electrons. The van der Waals surface area contributed by atoms with Crippen molar-refractivity contribution in [3.05, 3.63) is 124 Å². The van der Waals surface area contributed by atoms with Crippen LogP contribution in [-0.4, -0.2) is 70.8 Å². The maximum Gasteiger partial charge on any atom is 0.411 e. The lowest BCUT2D eigenvalue weighted by Gasteiger charge is -2.31. The van der Waals surface area contributed by atoms with E-state index in [4.69, 9.17) is 33.9 Å². The van der Waals surface area contributed by atoms with Gasteiger partial charge in [-0.05, 0) is 123 Å². The van der Waals surface area contributed by atoms with Gasteiger partial charge in [-0.3, -0.25) is 4.79 Å². The number of amides is 2. The molecule has 0 aliphatic heterocycles. The molecule has 0 saturated carbocycles. The highest BCUT2D eigenvalue weighted by Gasteiger charge is 2.36. The molecule has 2 amide bonds. The van der Waals surface area contributed by atoms with E-state index in [0.717, 1.165) is 129 Å². The van der Waals surface area contributed by atoms with E-state index in [0.29, 0.717) is 36.8 Å². The Bertz CT molecular complexity index is 2620. The first-order valence-electron chi connectivity index (χ1n) is 34.8. The third-order valence-corrected chi connectivity index (χ3v) is 17.8. The van der Waals surface area contributed by atoms with Crippen LogP contribution in [0, 0.1) is 0 Å². The lowest BCUT2D eigenvalue weighted by molar-refractivity contribution is -0.123. The summed E-state index contributed by atoms with van der Waals surface area (Å²) in [5.74, 6) is 0.994. The normalized spacial score (nSPS) is 13.4. The van der Waals surface area contributed by atoms with Crippen LogP contribution in [0.5, 0.6) is 17.8 Å². The SMILES string of the molecule is CCCCCCCCC(CCCCCCCC)Oc1nc(NCCCCCCNC(=O)COc2ccc3c(c2)CCc2ccccc2C3N(C)C(=O)OC2c3ccccc3-c3ccccc32)nc(OC(CCCCCCCC)CCCCCCCC)n1. The molecule has 1 atom stereocenters. The lowest BCUT2D eigenvalue weighted by Crippen LogP contribution is -2.34. The monoisotopic (exact) mass is 1190 g/mol. The number of ether oxygens (including phenoxy) is 4. The smallest absolute Gasteiger partial charge is 0.411 e. The van der Waals surface area contributed by atoms with Crippen molar-refractivity contribution in [1.29, 1.82) is 0 Å². The van der Waals surface area contributed by atoms with Crippen LogP contribution in [0.15, 0.2) is 91.0 Å². The zero-order valence-electron chi connectivity index (χ0n) is 54.4. The Kier molecular flexibility index (Phi) is 31.2. The Balaban J connectivity index is 0.903. The molecule has 87 heavy (non-hydrogen) atoms. The molecule has 0 bridgehead atoms. The first-order valence-corrected chi connectivity index (χ1v) is 34.8. The molecule has 12 nitrogen and oxygen atoms in total. The molecule has 4 aromatic carbocycles. The molecule has 12 heteroatoms. The van der Waals surface area contributed by atoms with Gasteiger partial charge >= 0.3 is 18.1 Å². The number of aromatic nitrogens is 3. The van der Waals surface area contributed by atoms with Crippen LogP contribution in [0.2, 0.25) is 0 Å². The number of unbranched alkanes of at least 4 members (excludes halogenated alkanes) is 23. The van der Waals surface area contributed by atoms with E-state index in [1.165, 1.54) is 134 Å². The van der Waals surface area contributed by atoms with Crippen molar-refractivity contribution in [3.8, 4) is 28.9 Å². The molecule has 1 unspecified atom stereocenters. The fourth-order valence-electron chi connectivity index (χ4n) is 12.7.